The Morgan fingerprint density at radius 2 is 2.22 bits per heavy atom. The molecule has 1 amide bonds. The number of aromatic amines is 1. The van der Waals surface area contributed by atoms with Crippen molar-refractivity contribution in [3.05, 3.63) is 48.8 Å². The molecule has 3 heterocycles. The molecule has 0 saturated carbocycles. The second-order valence-corrected chi connectivity index (χ2v) is 6.14. The van der Waals surface area contributed by atoms with Gasteiger partial charge < -0.3 is 5.11 Å². The van der Waals surface area contributed by atoms with Crippen LogP contribution in [0.4, 0.5) is 0 Å². The maximum absolute atomic E-state index is 12.1. The molecule has 8 nitrogen and oxygen atoms in total. The van der Waals surface area contributed by atoms with Crippen LogP contribution < -0.4 is 11.2 Å². The smallest absolute Gasteiger partial charge is 0.330 e. The predicted molar refractivity (Wildman–Crippen MR) is 84.7 cm³/mol. The predicted octanol–water partition coefficient (Wildman–Crippen LogP) is 0.538. The number of nitrogens with one attached hydrogen (secondary N) is 1. The highest BCUT2D eigenvalue weighted by atomic mass is 32.1. The molecule has 9 heteroatoms. The van der Waals surface area contributed by atoms with Gasteiger partial charge in [0.15, 0.2) is 0 Å². The van der Waals surface area contributed by atoms with Crippen LogP contribution >= 0.6 is 11.3 Å². The summed E-state index contributed by atoms with van der Waals surface area (Å²) in [6.45, 7) is 1.39. The summed E-state index contributed by atoms with van der Waals surface area (Å²) in [5.74, 6) is -0.730. The van der Waals surface area contributed by atoms with Crippen LogP contribution in [0.15, 0.2) is 32.2 Å². The van der Waals surface area contributed by atoms with Gasteiger partial charge in [-0.15, -0.1) is 11.3 Å². The van der Waals surface area contributed by atoms with Crippen molar-refractivity contribution in [2.24, 2.45) is 12.1 Å². The molecular formula is C14H14N4O4S. The third-order valence-electron chi connectivity index (χ3n) is 3.69. The van der Waals surface area contributed by atoms with E-state index < -0.39 is 17.1 Å². The molecule has 2 aromatic heterocycles. The minimum atomic E-state index is -0.723. The summed E-state index contributed by atoms with van der Waals surface area (Å²) in [6, 6.07) is 3.43. The number of hydrogen-bond acceptors (Lipinski definition) is 6. The van der Waals surface area contributed by atoms with Gasteiger partial charge in [-0.05, 0) is 11.4 Å². The first-order valence-electron chi connectivity index (χ1n) is 6.83. The van der Waals surface area contributed by atoms with Crippen molar-refractivity contribution in [3.63, 3.8) is 0 Å². The van der Waals surface area contributed by atoms with Crippen molar-refractivity contribution in [1.29, 1.82) is 0 Å². The van der Waals surface area contributed by atoms with Crippen molar-refractivity contribution in [1.82, 2.24) is 14.6 Å². The zero-order valence-corrected chi connectivity index (χ0v) is 13.3. The van der Waals surface area contributed by atoms with Gasteiger partial charge in [-0.2, -0.15) is 5.10 Å². The highest BCUT2D eigenvalue weighted by Gasteiger charge is 2.34. The number of H-pyrrole nitrogens is 1. The number of amides is 1. The Balaban J connectivity index is 2.10. The van der Waals surface area contributed by atoms with E-state index in [1.807, 2.05) is 17.5 Å². The Morgan fingerprint density at radius 3 is 2.83 bits per heavy atom. The van der Waals surface area contributed by atoms with E-state index in [1.165, 1.54) is 30.3 Å². The molecule has 0 saturated heterocycles. The maximum Gasteiger partial charge on any atom is 0.330 e. The topological polar surface area (TPSA) is 108 Å². The number of carbonyl (C=O) groups is 1. The number of hydrogen-bond donors (Lipinski definition) is 2. The van der Waals surface area contributed by atoms with Crippen molar-refractivity contribution >= 4 is 23.0 Å². The normalized spacial score (nSPS) is 17.4. The Bertz CT molecular complexity index is 910. The van der Waals surface area contributed by atoms with Gasteiger partial charge in [0.05, 0.1) is 11.8 Å². The van der Waals surface area contributed by atoms with Crippen LogP contribution in [0, 0.1) is 0 Å². The van der Waals surface area contributed by atoms with Crippen LogP contribution in [0.3, 0.4) is 0 Å². The highest BCUT2D eigenvalue weighted by molar-refractivity contribution is 7.10. The maximum atomic E-state index is 12.1. The molecule has 0 bridgehead atoms. The summed E-state index contributed by atoms with van der Waals surface area (Å²) in [6.07, 6.45) is 0.287. The number of rotatable bonds is 2. The fraction of sp³-hybridized carbons (Fsp3) is 0.286. The number of carbonyl (C=O) groups excluding carboxylic acids is 1. The molecule has 0 unspecified atom stereocenters. The highest BCUT2D eigenvalue weighted by Crippen LogP contribution is 2.35. The lowest BCUT2D eigenvalue weighted by Gasteiger charge is -2.18. The van der Waals surface area contributed by atoms with E-state index in [0.29, 0.717) is 0 Å². The van der Waals surface area contributed by atoms with E-state index in [9.17, 15) is 19.5 Å². The van der Waals surface area contributed by atoms with Gasteiger partial charge in [-0.1, -0.05) is 6.07 Å². The van der Waals surface area contributed by atoms with Gasteiger partial charge >= 0.3 is 5.69 Å². The minimum Gasteiger partial charge on any atom is -0.494 e. The van der Waals surface area contributed by atoms with Crippen molar-refractivity contribution in [2.75, 3.05) is 0 Å². The molecule has 3 rings (SSSR count). The number of hydrazone groups is 1. The number of nitrogens with zero attached hydrogens (tertiary/aromatic N) is 3. The quantitative estimate of drug-likeness (QED) is 0.835. The van der Waals surface area contributed by atoms with Crippen molar-refractivity contribution in [3.8, 4) is 5.88 Å². The van der Waals surface area contributed by atoms with Crippen molar-refractivity contribution < 1.29 is 9.90 Å². The number of aromatic nitrogens is 2. The lowest BCUT2D eigenvalue weighted by Crippen LogP contribution is -2.32. The summed E-state index contributed by atoms with van der Waals surface area (Å²) < 4.78 is 0.926. The van der Waals surface area contributed by atoms with Crippen LogP contribution in [-0.2, 0) is 11.8 Å². The number of aromatic hydroxyl groups is 1. The third-order valence-corrected chi connectivity index (χ3v) is 4.66. The summed E-state index contributed by atoms with van der Waals surface area (Å²) in [4.78, 5) is 38.5. The monoisotopic (exact) mass is 334 g/mol. The standard InChI is InChI=1S/C14H14N4O4S/c1-7(19)18-9(10-4-3-5-23-10)6-8(16-18)11-12(20)15-14(22)17(2)13(11)21/h3-5,9,21H,6H2,1-2H3,(H,15,20,22)/t9-/m0/s1. The molecule has 0 radical (unpaired) electrons. The lowest BCUT2D eigenvalue weighted by atomic mass is 10.0. The minimum absolute atomic E-state index is 0.0857. The Morgan fingerprint density at radius 1 is 1.48 bits per heavy atom. The van der Waals surface area contributed by atoms with Gasteiger partial charge in [0, 0.05) is 25.3 Å². The van der Waals surface area contributed by atoms with Crippen LogP contribution in [0.25, 0.3) is 0 Å². The van der Waals surface area contributed by atoms with Gasteiger partial charge in [-0.3, -0.25) is 19.1 Å². The first kappa shape index (κ1) is 15.2. The molecule has 1 aliphatic rings. The molecule has 23 heavy (non-hydrogen) atoms. The van der Waals surface area contributed by atoms with Gasteiger partial charge in [0.25, 0.3) is 5.56 Å². The second kappa shape index (κ2) is 5.51. The van der Waals surface area contributed by atoms with E-state index in [0.717, 1.165) is 9.44 Å². The first-order chi connectivity index (χ1) is 10.9. The van der Waals surface area contributed by atoms with Crippen LogP contribution in [0.1, 0.15) is 29.8 Å². The van der Waals surface area contributed by atoms with E-state index in [2.05, 4.69) is 10.1 Å². The molecule has 2 N–H and O–H groups in total. The van der Waals surface area contributed by atoms with Crippen LogP contribution in [0.5, 0.6) is 5.88 Å². The fourth-order valence-corrected chi connectivity index (χ4v) is 3.33. The summed E-state index contributed by atoms with van der Waals surface area (Å²) in [5, 5.41) is 17.5. The molecule has 1 atom stereocenters. The SMILES string of the molecule is CC(=O)N1N=C(c2c(O)n(C)c(=O)[nH]c2=O)C[C@H]1c1cccs1. The summed E-state index contributed by atoms with van der Waals surface area (Å²) in [7, 11) is 1.34. The summed E-state index contributed by atoms with van der Waals surface area (Å²) in [5.41, 5.74) is -1.25. The molecule has 0 aromatic carbocycles. The molecule has 0 fully saturated rings. The van der Waals surface area contributed by atoms with E-state index in [-0.39, 0.29) is 29.6 Å². The average Bonchev–Trinajstić information content (AvgIpc) is 3.13. The summed E-state index contributed by atoms with van der Waals surface area (Å²) >= 11 is 1.48. The molecule has 120 valence electrons. The van der Waals surface area contributed by atoms with Crippen LogP contribution in [0.2, 0.25) is 0 Å². The van der Waals surface area contributed by atoms with E-state index in [1.54, 1.807) is 0 Å². The number of thiophene rings is 1. The average molecular weight is 334 g/mol. The third kappa shape index (κ3) is 2.48. The zero-order valence-electron chi connectivity index (χ0n) is 12.4. The Hall–Kier alpha value is -2.68. The molecule has 1 aliphatic heterocycles. The van der Waals surface area contributed by atoms with Gasteiger partial charge in [0.2, 0.25) is 11.8 Å². The second-order valence-electron chi connectivity index (χ2n) is 5.16. The Kier molecular flexibility index (Phi) is 3.64. The molecular weight excluding hydrogens is 320 g/mol. The van der Waals surface area contributed by atoms with E-state index >= 15 is 0 Å². The molecule has 0 spiro atoms. The molecule has 2 aromatic rings. The van der Waals surface area contributed by atoms with Crippen LogP contribution in [-0.4, -0.2) is 31.3 Å². The van der Waals surface area contributed by atoms with Crippen molar-refractivity contribution in [2.45, 2.75) is 19.4 Å². The van der Waals surface area contributed by atoms with Gasteiger partial charge in [0.1, 0.15) is 5.56 Å². The van der Waals surface area contributed by atoms with Gasteiger partial charge in [-0.25, -0.2) is 9.80 Å². The Labute approximate surface area is 134 Å². The zero-order chi connectivity index (χ0) is 16.7. The fourth-order valence-electron chi connectivity index (χ4n) is 2.52. The first-order valence-corrected chi connectivity index (χ1v) is 7.71. The molecule has 0 aliphatic carbocycles. The lowest BCUT2D eigenvalue weighted by molar-refractivity contribution is -0.130. The largest absolute Gasteiger partial charge is 0.494 e. The van der Waals surface area contributed by atoms with E-state index in [4.69, 9.17) is 0 Å².